The minimum atomic E-state index is -5.01. The average molecular weight is 534 g/mol. The van der Waals surface area contributed by atoms with E-state index in [2.05, 4.69) is 15.3 Å². The fourth-order valence-electron chi connectivity index (χ4n) is 4.31. The fraction of sp³-hybridized carbons (Fsp3) is 0.500. The first-order chi connectivity index (χ1) is 16.8. The summed E-state index contributed by atoms with van der Waals surface area (Å²) >= 11 is 0. The molecule has 37 heavy (non-hydrogen) atoms. The van der Waals surface area contributed by atoms with Crippen molar-refractivity contribution in [3.05, 3.63) is 47.4 Å². The van der Waals surface area contributed by atoms with Crippen LogP contribution in [0.3, 0.4) is 0 Å². The van der Waals surface area contributed by atoms with Gasteiger partial charge in [0, 0.05) is 37.4 Å². The Morgan fingerprint density at radius 1 is 1.16 bits per heavy atom. The number of halogens is 6. The van der Waals surface area contributed by atoms with Crippen LogP contribution in [0.15, 0.2) is 30.6 Å². The van der Waals surface area contributed by atoms with E-state index in [1.807, 2.05) is 0 Å². The molecule has 1 unspecified atom stereocenters. The van der Waals surface area contributed by atoms with Gasteiger partial charge in [-0.3, -0.25) is 4.40 Å². The number of nitrogens with one attached hydrogen (secondary N) is 1. The van der Waals surface area contributed by atoms with Gasteiger partial charge in [0.05, 0.1) is 11.9 Å². The first kappa shape index (κ1) is 28.7. The number of aromatic nitrogens is 3. The van der Waals surface area contributed by atoms with Crippen LogP contribution < -0.4 is 11.1 Å². The van der Waals surface area contributed by atoms with Gasteiger partial charge >= 0.3 is 12.4 Å². The molecule has 0 radical (unpaired) electrons. The number of aliphatic hydroxyl groups is 1. The number of rotatable bonds is 6. The lowest BCUT2D eigenvalue weighted by molar-refractivity contribution is -0.268. The van der Waals surface area contributed by atoms with E-state index < -0.39 is 41.4 Å². The Morgan fingerprint density at radius 2 is 1.84 bits per heavy atom. The number of nitrogens with two attached hydrogens (primary N) is 1. The van der Waals surface area contributed by atoms with E-state index >= 15 is 0 Å². The maximum atomic E-state index is 14.2. The van der Waals surface area contributed by atoms with E-state index in [4.69, 9.17) is 10.5 Å². The molecule has 3 aromatic rings. The molecule has 1 atom stereocenters. The molecular formula is C24H29F6N5O2. The number of anilines is 1. The van der Waals surface area contributed by atoms with Crippen LogP contribution in [0.2, 0.25) is 0 Å². The Labute approximate surface area is 209 Å². The molecule has 4 N–H and O–H groups in total. The van der Waals surface area contributed by atoms with Gasteiger partial charge in [-0.1, -0.05) is 19.6 Å². The summed E-state index contributed by atoms with van der Waals surface area (Å²) < 4.78 is 88.6. The predicted octanol–water partition coefficient (Wildman–Crippen LogP) is 4.85. The van der Waals surface area contributed by atoms with E-state index in [9.17, 15) is 31.4 Å². The lowest BCUT2D eigenvalue weighted by Crippen LogP contribution is -2.46. The van der Waals surface area contributed by atoms with E-state index in [1.165, 1.54) is 18.3 Å². The minimum Gasteiger partial charge on any atom is -0.381 e. The zero-order valence-corrected chi connectivity index (χ0v) is 19.2. The highest BCUT2D eigenvalue weighted by molar-refractivity contribution is 5.72. The number of hydrogen-bond donors (Lipinski definition) is 3. The van der Waals surface area contributed by atoms with Crippen molar-refractivity contribution in [1.29, 1.82) is 0 Å². The van der Waals surface area contributed by atoms with Gasteiger partial charge in [-0.05, 0) is 43.5 Å². The lowest BCUT2D eigenvalue weighted by atomic mass is 9.87. The van der Waals surface area contributed by atoms with Crippen molar-refractivity contribution in [2.45, 2.75) is 57.6 Å². The van der Waals surface area contributed by atoms with Crippen LogP contribution in [0.5, 0.6) is 0 Å². The molecule has 204 valence electrons. The third-order valence-corrected chi connectivity index (χ3v) is 6.41. The molecule has 1 aromatic carbocycles. The molecular weight excluding hydrogens is 504 g/mol. The minimum absolute atomic E-state index is 0. The third-order valence-electron chi connectivity index (χ3n) is 6.41. The molecule has 0 amide bonds. The van der Waals surface area contributed by atoms with Crippen molar-refractivity contribution in [2.75, 3.05) is 25.5 Å². The molecule has 1 aliphatic heterocycles. The monoisotopic (exact) mass is 533 g/mol. The second-order valence-electron chi connectivity index (χ2n) is 8.82. The smallest absolute Gasteiger partial charge is 0.381 e. The number of benzene rings is 1. The van der Waals surface area contributed by atoms with Crippen LogP contribution in [0.1, 0.15) is 43.5 Å². The van der Waals surface area contributed by atoms with E-state index in [-0.39, 0.29) is 36.9 Å². The summed E-state index contributed by atoms with van der Waals surface area (Å²) in [7, 11) is 0. The van der Waals surface area contributed by atoms with Gasteiger partial charge in [-0.15, -0.1) is 0 Å². The molecule has 0 spiro atoms. The van der Waals surface area contributed by atoms with Crippen molar-refractivity contribution in [3.63, 3.8) is 0 Å². The molecule has 0 aliphatic carbocycles. The number of aryl methyl sites for hydroxylation is 1. The SMILES string of the molecule is C.Cc1ccc(C(O)(CCNC2CCOCC2)C(F)(F)F)cc1-c1cnc2c(N)nc(C(F)(F)F)cn12. The first-order valence-electron chi connectivity index (χ1n) is 11.2. The second-order valence-corrected chi connectivity index (χ2v) is 8.82. The molecule has 0 bridgehead atoms. The summed E-state index contributed by atoms with van der Waals surface area (Å²) in [6.45, 7) is 2.51. The van der Waals surface area contributed by atoms with Gasteiger partial charge in [0.25, 0.3) is 0 Å². The van der Waals surface area contributed by atoms with E-state index in [0.717, 1.165) is 10.5 Å². The van der Waals surface area contributed by atoms with E-state index in [0.29, 0.717) is 37.8 Å². The quantitative estimate of drug-likeness (QED) is 0.392. The van der Waals surface area contributed by atoms with Crippen molar-refractivity contribution in [3.8, 4) is 11.3 Å². The van der Waals surface area contributed by atoms with Crippen LogP contribution in [-0.4, -0.2) is 51.5 Å². The Morgan fingerprint density at radius 3 is 2.46 bits per heavy atom. The number of nitrogen functional groups attached to an aromatic ring is 1. The van der Waals surface area contributed by atoms with Crippen LogP contribution >= 0.6 is 0 Å². The highest BCUT2D eigenvalue weighted by atomic mass is 19.4. The molecule has 4 rings (SSSR count). The van der Waals surface area contributed by atoms with Gasteiger partial charge in [-0.2, -0.15) is 26.3 Å². The first-order valence-corrected chi connectivity index (χ1v) is 11.2. The van der Waals surface area contributed by atoms with Crippen LogP contribution in [0.25, 0.3) is 16.9 Å². The molecule has 3 heterocycles. The number of ether oxygens (including phenoxy) is 1. The largest absolute Gasteiger partial charge is 0.434 e. The molecule has 0 saturated carbocycles. The fourth-order valence-corrected chi connectivity index (χ4v) is 4.31. The Balaban J connectivity index is 0.00000380. The standard InChI is InChI=1S/C23H25F6N5O2.CH4/c1-13-2-3-14(21(35,23(27,28)29)6-7-31-15-4-8-36-9-5-15)10-16(13)17-11-32-20-19(30)33-18(12-34(17)20)22(24,25)26;/h2-3,10-12,15,31,35H,4-9H2,1H3,(H2,30,33);1H4. The average Bonchev–Trinajstić information content (AvgIpc) is 3.23. The van der Waals surface area contributed by atoms with Crippen molar-refractivity contribution in [2.24, 2.45) is 0 Å². The highest BCUT2D eigenvalue weighted by Gasteiger charge is 2.54. The van der Waals surface area contributed by atoms with Gasteiger partial charge < -0.3 is 20.9 Å². The predicted molar refractivity (Wildman–Crippen MR) is 126 cm³/mol. The number of fused-ring (bicyclic) bond motifs is 1. The summed E-state index contributed by atoms with van der Waals surface area (Å²) in [6, 6.07) is 3.66. The Kier molecular flexibility index (Phi) is 8.11. The van der Waals surface area contributed by atoms with Gasteiger partial charge in [0.1, 0.15) is 0 Å². The molecule has 1 saturated heterocycles. The molecule has 7 nitrogen and oxygen atoms in total. The number of imidazole rings is 1. The van der Waals surface area contributed by atoms with Crippen molar-refractivity contribution < 1.29 is 36.2 Å². The number of alkyl halides is 6. The molecule has 2 aromatic heterocycles. The zero-order valence-electron chi connectivity index (χ0n) is 19.2. The van der Waals surface area contributed by atoms with Gasteiger partial charge in [-0.25, -0.2) is 9.97 Å². The molecule has 1 fully saturated rings. The molecule has 1 aliphatic rings. The maximum Gasteiger partial charge on any atom is 0.434 e. The maximum absolute atomic E-state index is 14.2. The summed E-state index contributed by atoms with van der Waals surface area (Å²) in [6.07, 6.45) is -7.25. The van der Waals surface area contributed by atoms with Gasteiger partial charge in [0.2, 0.25) is 0 Å². The third kappa shape index (κ3) is 5.68. The number of hydrogen-bond acceptors (Lipinski definition) is 6. The normalized spacial score (nSPS) is 17.0. The summed E-state index contributed by atoms with van der Waals surface area (Å²) in [5.74, 6) is -0.476. The number of nitrogens with zero attached hydrogens (tertiary/aromatic N) is 3. The van der Waals surface area contributed by atoms with Gasteiger partial charge in [0.15, 0.2) is 22.8 Å². The van der Waals surface area contributed by atoms with Crippen LogP contribution in [0.4, 0.5) is 32.2 Å². The topological polar surface area (TPSA) is 97.7 Å². The van der Waals surface area contributed by atoms with Crippen LogP contribution in [0, 0.1) is 6.92 Å². The highest BCUT2D eigenvalue weighted by Crippen LogP contribution is 2.43. The summed E-state index contributed by atoms with van der Waals surface area (Å²) in [5, 5.41) is 13.9. The lowest BCUT2D eigenvalue weighted by Gasteiger charge is -2.33. The Hall–Kier alpha value is -2.90. The summed E-state index contributed by atoms with van der Waals surface area (Å²) in [4.78, 5) is 7.33. The van der Waals surface area contributed by atoms with Crippen LogP contribution in [-0.2, 0) is 16.5 Å². The summed E-state index contributed by atoms with van der Waals surface area (Å²) in [5.41, 5.74) is 1.40. The van der Waals surface area contributed by atoms with E-state index in [1.54, 1.807) is 6.92 Å². The van der Waals surface area contributed by atoms with Crippen molar-refractivity contribution in [1.82, 2.24) is 19.7 Å². The second kappa shape index (κ2) is 10.5. The Bertz CT molecular complexity index is 1240. The molecule has 13 heteroatoms. The zero-order chi connectivity index (χ0) is 26.3. The van der Waals surface area contributed by atoms with Crippen molar-refractivity contribution >= 4 is 11.5 Å².